The summed E-state index contributed by atoms with van der Waals surface area (Å²) in [6.07, 6.45) is -1.26. The number of ether oxygens (including phenoxy) is 1. The molecule has 1 aromatic heterocycles. The third-order valence-corrected chi connectivity index (χ3v) is 5.89. The van der Waals surface area contributed by atoms with E-state index in [2.05, 4.69) is 15.2 Å². The van der Waals surface area contributed by atoms with E-state index in [1.807, 2.05) is 32.0 Å². The Bertz CT molecular complexity index is 993. The van der Waals surface area contributed by atoms with E-state index in [4.69, 9.17) is 9.26 Å². The third-order valence-electron chi connectivity index (χ3n) is 4.19. The van der Waals surface area contributed by atoms with Gasteiger partial charge in [-0.05, 0) is 51.8 Å². The molecule has 158 valence electrons. The number of benzene rings is 1. The molecule has 0 saturated heterocycles. The van der Waals surface area contributed by atoms with Crippen LogP contribution in [0.4, 0.5) is 5.69 Å². The Labute approximate surface area is 169 Å². The first-order valence-electron chi connectivity index (χ1n) is 9.01. The van der Waals surface area contributed by atoms with Crippen LogP contribution in [0.5, 0.6) is 0 Å². The molecule has 0 radical (unpaired) electrons. The van der Waals surface area contributed by atoms with E-state index in [-0.39, 0.29) is 29.3 Å². The quantitative estimate of drug-likeness (QED) is 0.623. The van der Waals surface area contributed by atoms with E-state index >= 15 is 0 Å². The number of carbonyl (C=O) groups excluding carboxylic acids is 2. The van der Waals surface area contributed by atoms with Crippen molar-refractivity contribution in [2.75, 3.05) is 11.9 Å². The molecule has 0 unspecified atom stereocenters. The van der Waals surface area contributed by atoms with Crippen molar-refractivity contribution in [1.29, 1.82) is 0 Å². The van der Waals surface area contributed by atoms with Crippen LogP contribution in [0.2, 0.25) is 0 Å². The Kier molecular flexibility index (Phi) is 7.15. The number of nitrogens with one attached hydrogen (secondary N) is 2. The van der Waals surface area contributed by atoms with Gasteiger partial charge in [0.2, 0.25) is 10.0 Å². The maximum atomic E-state index is 12.3. The molecule has 29 heavy (non-hydrogen) atoms. The van der Waals surface area contributed by atoms with Gasteiger partial charge in [-0.1, -0.05) is 17.3 Å². The van der Waals surface area contributed by atoms with E-state index in [9.17, 15) is 18.0 Å². The molecule has 9 nitrogen and oxygen atoms in total. The second-order valence-corrected chi connectivity index (χ2v) is 8.44. The van der Waals surface area contributed by atoms with Crippen molar-refractivity contribution < 1.29 is 27.3 Å². The molecule has 2 aromatic rings. The molecule has 0 aliphatic rings. The SMILES string of the molecule is Cc1ccc(C)c(NC(=O)[C@@H](C)OC(=O)CCNS(=O)(=O)c2c(C)noc2C)c1. The molecule has 2 rings (SSSR count). The standard InChI is InChI=1S/C19H25N3O6S/c1-11-6-7-12(2)16(10-11)21-19(24)15(5)27-17(23)8-9-20-29(25,26)18-13(3)22-28-14(18)4/h6-7,10,15,20H,8-9H2,1-5H3,(H,21,24)/t15-/m1/s1. The Morgan fingerprint density at radius 1 is 1.21 bits per heavy atom. The van der Waals surface area contributed by atoms with Crippen LogP contribution in [0, 0.1) is 27.7 Å². The molecule has 2 N–H and O–H groups in total. The molecule has 0 fully saturated rings. The number of amides is 1. The van der Waals surface area contributed by atoms with E-state index in [0.717, 1.165) is 11.1 Å². The second-order valence-electron chi connectivity index (χ2n) is 6.74. The predicted molar refractivity (Wildman–Crippen MR) is 106 cm³/mol. The van der Waals surface area contributed by atoms with Gasteiger partial charge in [0.15, 0.2) is 11.9 Å². The fraction of sp³-hybridized carbons (Fsp3) is 0.421. The Hall–Kier alpha value is -2.72. The van der Waals surface area contributed by atoms with E-state index in [1.165, 1.54) is 20.8 Å². The van der Waals surface area contributed by atoms with Crippen LogP contribution in [0.1, 0.15) is 35.9 Å². The maximum Gasteiger partial charge on any atom is 0.307 e. The minimum atomic E-state index is -3.86. The van der Waals surface area contributed by atoms with Crippen LogP contribution in [0.25, 0.3) is 0 Å². The number of hydrogen-bond acceptors (Lipinski definition) is 7. The predicted octanol–water partition coefficient (Wildman–Crippen LogP) is 2.15. The largest absolute Gasteiger partial charge is 0.452 e. The van der Waals surface area contributed by atoms with Crippen molar-refractivity contribution in [3.8, 4) is 0 Å². The number of hydrogen-bond donors (Lipinski definition) is 2. The number of aryl methyl sites for hydroxylation is 4. The second kappa shape index (κ2) is 9.19. The van der Waals surface area contributed by atoms with Gasteiger partial charge >= 0.3 is 5.97 Å². The molecule has 1 heterocycles. The summed E-state index contributed by atoms with van der Waals surface area (Å²) in [6, 6.07) is 5.63. The van der Waals surface area contributed by atoms with Gasteiger partial charge in [-0.15, -0.1) is 0 Å². The van der Waals surface area contributed by atoms with E-state index in [1.54, 1.807) is 0 Å². The van der Waals surface area contributed by atoms with Crippen molar-refractivity contribution in [2.45, 2.75) is 52.0 Å². The van der Waals surface area contributed by atoms with Crippen LogP contribution in [0.15, 0.2) is 27.6 Å². The minimum absolute atomic E-state index is 0.0489. The van der Waals surface area contributed by atoms with Gasteiger partial charge in [-0.2, -0.15) is 0 Å². The number of nitrogens with zero attached hydrogens (tertiary/aromatic N) is 1. The number of rotatable bonds is 8. The van der Waals surface area contributed by atoms with Crippen LogP contribution >= 0.6 is 0 Å². The fourth-order valence-electron chi connectivity index (χ4n) is 2.63. The molecular formula is C19H25N3O6S. The van der Waals surface area contributed by atoms with Gasteiger partial charge in [-0.3, -0.25) is 9.59 Å². The summed E-state index contributed by atoms with van der Waals surface area (Å²) in [5.74, 6) is -1.01. The normalized spacial score (nSPS) is 12.4. The molecular weight excluding hydrogens is 398 g/mol. The molecule has 0 aliphatic carbocycles. The minimum Gasteiger partial charge on any atom is -0.452 e. The summed E-state index contributed by atoms with van der Waals surface area (Å²) in [5, 5.41) is 6.32. The lowest BCUT2D eigenvalue weighted by Crippen LogP contribution is -2.32. The zero-order valence-electron chi connectivity index (χ0n) is 17.0. The highest BCUT2D eigenvalue weighted by Gasteiger charge is 2.24. The molecule has 1 aromatic carbocycles. The highest BCUT2D eigenvalue weighted by Crippen LogP contribution is 2.19. The lowest BCUT2D eigenvalue weighted by molar-refractivity contribution is -0.152. The number of esters is 1. The summed E-state index contributed by atoms with van der Waals surface area (Å²) in [5.41, 5.74) is 2.75. The first-order chi connectivity index (χ1) is 13.5. The Morgan fingerprint density at radius 2 is 1.90 bits per heavy atom. The Balaban J connectivity index is 1.85. The maximum absolute atomic E-state index is 12.3. The summed E-state index contributed by atoms with van der Waals surface area (Å²) >= 11 is 0. The van der Waals surface area contributed by atoms with Crippen LogP contribution < -0.4 is 10.0 Å². The first kappa shape index (κ1) is 22.6. The average Bonchev–Trinajstić information content (AvgIpc) is 2.97. The lowest BCUT2D eigenvalue weighted by atomic mass is 10.1. The van der Waals surface area contributed by atoms with Crippen LogP contribution in [-0.2, 0) is 24.3 Å². The van der Waals surface area contributed by atoms with Crippen LogP contribution in [-0.4, -0.2) is 38.1 Å². The molecule has 1 atom stereocenters. The highest BCUT2D eigenvalue weighted by atomic mass is 32.2. The summed E-state index contributed by atoms with van der Waals surface area (Å²) in [6.45, 7) is 8.02. The van der Waals surface area contributed by atoms with Gasteiger partial charge in [0.1, 0.15) is 10.6 Å². The van der Waals surface area contributed by atoms with Crippen LogP contribution in [0.3, 0.4) is 0 Å². The summed E-state index contributed by atoms with van der Waals surface area (Å²) in [4.78, 5) is 24.2. The summed E-state index contributed by atoms with van der Waals surface area (Å²) in [7, 11) is -3.86. The highest BCUT2D eigenvalue weighted by molar-refractivity contribution is 7.89. The van der Waals surface area contributed by atoms with E-state index in [0.29, 0.717) is 5.69 Å². The summed E-state index contributed by atoms with van der Waals surface area (Å²) < 4.78 is 36.8. The molecule has 0 saturated carbocycles. The lowest BCUT2D eigenvalue weighted by Gasteiger charge is -2.15. The van der Waals surface area contributed by atoms with Gasteiger partial charge in [0.05, 0.1) is 6.42 Å². The van der Waals surface area contributed by atoms with E-state index < -0.39 is 28.0 Å². The molecule has 10 heteroatoms. The third kappa shape index (κ3) is 5.88. The smallest absolute Gasteiger partial charge is 0.307 e. The van der Waals surface area contributed by atoms with Crippen molar-refractivity contribution in [3.63, 3.8) is 0 Å². The van der Waals surface area contributed by atoms with Gasteiger partial charge in [0, 0.05) is 12.2 Å². The van der Waals surface area contributed by atoms with Crippen molar-refractivity contribution in [3.05, 3.63) is 40.8 Å². The van der Waals surface area contributed by atoms with Gasteiger partial charge < -0.3 is 14.6 Å². The number of anilines is 1. The number of sulfonamides is 1. The monoisotopic (exact) mass is 423 g/mol. The molecule has 0 bridgehead atoms. The Morgan fingerprint density at radius 3 is 2.52 bits per heavy atom. The molecule has 0 aliphatic heterocycles. The van der Waals surface area contributed by atoms with Crippen molar-refractivity contribution in [1.82, 2.24) is 9.88 Å². The topological polar surface area (TPSA) is 128 Å². The van der Waals surface area contributed by atoms with Crippen molar-refractivity contribution >= 4 is 27.6 Å². The molecule has 0 spiro atoms. The van der Waals surface area contributed by atoms with Gasteiger partial charge in [-0.25, -0.2) is 13.1 Å². The number of aromatic nitrogens is 1. The zero-order chi connectivity index (χ0) is 21.8. The first-order valence-corrected chi connectivity index (χ1v) is 10.5. The zero-order valence-corrected chi connectivity index (χ0v) is 17.8. The average molecular weight is 423 g/mol. The number of carbonyl (C=O) groups is 2. The van der Waals surface area contributed by atoms with Gasteiger partial charge in [0.25, 0.3) is 5.91 Å². The molecule has 1 amide bonds. The fourth-order valence-corrected chi connectivity index (χ4v) is 3.99. The van der Waals surface area contributed by atoms with Crippen molar-refractivity contribution in [2.24, 2.45) is 0 Å².